The van der Waals surface area contributed by atoms with Gasteiger partial charge in [0.1, 0.15) is 5.75 Å². The summed E-state index contributed by atoms with van der Waals surface area (Å²) in [6.45, 7) is 3.86. The van der Waals surface area contributed by atoms with Crippen LogP contribution in [0.3, 0.4) is 0 Å². The van der Waals surface area contributed by atoms with Crippen LogP contribution in [0.4, 0.5) is 13.2 Å². The predicted molar refractivity (Wildman–Crippen MR) is 152 cm³/mol. The van der Waals surface area contributed by atoms with Gasteiger partial charge in [0.25, 0.3) is 0 Å². The number of hydrogen-bond acceptors (Lipinski definition) is 4. The summed E-state index contributed by atoms with van der Waals surface area (Å²) in [7, 11) is 0. The van der Waals surface area contributed by atoms with E-state index in [1.807, 2.05) is 18.2 Å². The molecule has 0 radical (unpaired) electrons. The van der Waals surface area contributed by atoms with Gasteiger partial charge in [-0.3, -0.25) is 9.88 Å². The lowest BCUT2D eigenvalue weighted by Gasteiger charge is -2.26. The number of thioether (sulfide) groups is 1. The summed E-state index contributed by atoms with van der Waals surface area (Å²) in [6.07, 6.45) is 3.99. The lowest BCUT2D eigenvalue weighted by Crippen LogP contribution is -2.29. The van der Waals surface area contributed by atoms with Crippen molar-refractivity contribution in [3.8, 4) is 5.75 Å². The molecule has 1 aliphatic rings. The SMILES string of the molecule is Cl.Cl.FC(F)(F)c1ccc2c(SCCCCCOc3ccc(CN4CCCCC4)cc3Cl)ccnc2c1. The molecule has 1 saturated heterocycles. The van der Waals surface area contributed by atoms with Crippen molar-refractivity contribution in [2.45, 2.75) is 56.1 Å². The molecule has 1 fully saturated rings. The molecule has 3 aromatic rings. The molecule has 37 heavy (non-hydrogen) atoms. The highest BCUT2D eigenvalue weighted by Crippen LogP contribution is 2.34. The predicted octanol–water partition coefficient (Wildman–Crippen LogP) is 9.08. The van der Waals surface area contributed by atoms with Gasteiger partial charge in [-0.15, -0.1) is 36.6 Å². The Kier molecular flexibility index (Phi) is 13.1. The largest absolute Gasteiger partial charge is 0.492 e. The number of nitrogens with zero attached hydrogens (tertiary/aromatic N) is 2. The van der Waals surface area contributed by atoms with Crippen molar-refractivity contribution in [2.75, 3.05) is 25.4 Å². The maximum Gasteiger partial charge on any atom is 0.416 e. The number of alkyl halides is 3. The van der Waals surface area contributed by atoms with E-state index in [0.717, 1.165) is 72.8 Å². The molecule has 0 N–H and O–H groups in total. The molecule has 1 aromatic heterocycles. The number of piperidine rings is 1. The number of likely N-dealkylation sites (tertiary alicyclic amines) is 1. The summed E-state index contributed by atoms with van der Waals surface area (Å²) in [4.78, 5) is 7.54. The van der Waals surface area contributed by atoms with Gasteiger partial charge in [-0.1, -0.05) is 30.2 Å². The highest BCUT2D eigenvalue weighted by atomic mass is 35.5. The van der Waals surface area contributed by atoms with Crippen LogP contribution in [0.1, 0.15) is 49.7 Å². The molecule has 0 unspecified atom stereocenters. The first-order chi connectivity index (χ1) is 16.9. The summed E-state index contributed by atoms with van der Waals surface area (Å²) in [5.41, 5.74) is 0.924. The number of rotatable bonds is 10. The van der Waals surface area contributed by atoms with Gasteiger partial charge < -0.3 is 4.74 Å². The molecule has 0 amide bonds. The van der Waals surface area contributed by atoms with Crippen molar-refractivity contribution in [3.63, 3.8) is 0 Å². The van der Waals surface area contributed by atoms with Gasteiger partial charge in [-0.2, -0.15) is 13.2 Å². The van der Waals surface area contributed by atoms with Crippen LogP contribution in [0.2, 0.25) is 5.02 Å². The van der Waals surface area contributed by atoms with E-state index in [9.17, 15) is 13.2 Å². The number of benzene rings is 2. The van der Waals surface area contributed by atoms with E-state index in [0.29, 0.717) is 17.1 Å². The third-order valence-corrected chi connectivity index (χ3v) is 7.64. The zero-order chi connectivity index (χ0) is 24.7. The Morgan fingerprint density at radius 1 is 0.946 bits per heavy atom. The van der Waals surface area contributed by atoms with Crippen LogP contribution < -0.4 is 4.74 Å². The normalized spacial score (nSPS) is 14.2. The molecule has 1 aliphatic heterocycles. The average molecular weight is 596 g/mol. The minimum atomic E-state index is -4.36. The van der Waals surface area contributed by atoms with Gasteiger partial charge in [0.05, 0.1) is 22.7 Å². The Labute approximate surface area is 238 Å². The maximum atomic E-state index is 12.9. The van der Waals surface area contributed by atoms with E-state index in [4.69, 9.17) is 16.3 Å². The topological polar surface area (TPSA) is 25.4 Å². The number of pyridine rings is 1. The van der Waals surface area contributed by atoms with Gasteiger partial charge in [0.15, 0.2) is 0 Å². The minimum absolute atomic E-state index is 0. The second kappa shape index (κ2) is 15.3. The molecule has 2 heterocycles. The lowest BCUT2D eigenvalue weighted by atomic mass is 10.1. The minimum Gasteiger partial charge on any atom is -0.492 e. The van der Waals surface area contributed by atoms with Crippen LogP contribution in [-0.2, 0) is 12.7 Å². The second-order valence-electron chi connectivity index (χ2n) is 8.90. The molecular formula is C27H32Cl3F3N2OS. The van der Waals surface area contributed by atoms with E-state index >= 15 is 0 Å². The fourth-order valence-electron chi connectivity index (χ4n) is 4.30. The first kappa shape index (κ1) is 31.8. The Bertz CT molecular complexity index is 1130. The molecule has 3 nitrogen and oxygen atoms in total. The number of ether oxygens (including phenoxy) is 1. The van der Waals surface area contributed by atoms with E-state index in [1.165, 1.54) is 30.9 Å². The van der Waals surface area contributed by atoms with E-state index < -0.39 is 11.7 Å². The molecule has 2 aromatic carbocycles. The third-order valence-electron chi connectivity index (χ3n) is 6.19. The van der Waals surface area contributed by atoms with Crippen molar-refractivity contribution in [1.82, 2.24) is 9.88 Å². The molecule has 10 heteroatoms. The van der Waals surface area contributed by atoms with E-state index in [1.54, 1.807) is 18.0 Å². The van der Waals surface area contributed by atoms with Crippen LogP contribution in [-0.4, -0.2) is 35.3 Å². The zero-order valence-corrected chi connectivity index (χ0v) is 23.6. The van der Waals surface area contributed by atoms with E-state index in [2.05, 4.69) is 16.0 Å². The van der Waals surface area contributed by atoms with Crippen LogP contribution in [0.5, 0.6) is 5.75 Å². The second-order valence-corrected chi connectivity index (χ2v) is 10.4. The van der Waals surface area contributed by atoms with Crippen LogP contribution >= 0.6 is 48.2 Å². The van der Waals surface area contributed by atoms with Crippen molar-refractivity contribution in [1.29, 1.82) is 0 Å². The van der Waals surface area contributed by atoms with Gasteiger partial charge >= 0.3 is 6.18 Å². The zero-order valence-electron chi connectivity index (χ0n) is 20.4. The van der Waals surface area contributed by atoms with Crippen LogP contribution in [0.25, 0.3) is 10.9 Å². The molecule has 0 bridgehead atoms. The van der Waals surface area contributed by atoms with Crippen LogP contribution in [0, 0.1) is 0 Å². The fourth-order valence-corrected chi connectivity index (χ4v) is 5.62. The summed E-state index contributed by atoms with van der Waals surface area (Å²) in [5.74, 6) is 1.61. The van der Waals surface area contributed by atoms with E-state index in [-0.39, 0.29) is 24.8 Å². The molecule has 0 aliphatic carbocycles. The summed E-state index contributed by atoms with van der Waals surface area (Å²) < 4.78 is 44.7. The van der Waals surface area contributed by atoms with Gasteiger partial charge in [0.2, 0.25) is 0 Å². The number of fused-ring (bicyclic) bond motifs is 1. The van der Waals surface area contributed by atoms with Gasteiger partial charge in [-0.25, -0.2) is 0 Å². The smallest absolute Gasteiger partial charge is 0.416 e. The number of unbranched alkanes of at least 4 members (excludes halogenated alkanes) is 2. The molecule has 0 atom stereocenters. The van der Waals surface area contributed by atoms with Gasteiger partial charge in [-0.05, 0) is 86.8 Å². The van der Waals surface area contributed by atoms with Crippen molar-refractivity contribution in [2.24, 2.45) is 0 Å². The monoisotopic (exact) mass is 594 g/mol. The van der Waals surface area contributed by atoms with Crippen molar-refractivity contribution in [3.05, 3.63) is 64.8 Å². The Morgan fingerprint density at radius 2 is 1.73 bits per heavy atom. The Morgan fingerprint density at radius 3 is 2.46 bits per heavy atom. The molecule has 0 saturated carbocycles. The van der Waals surface area contributed by atoms with Crippen molar-refractivity contribution >= 4 is 59.1 Å². The standard InChI is InChI=1S/C27H30ClF3N2OS.2ClH/c28-23-17-20(19-33-13-3-1-4-14-33)7-10-25(23)34-15-5-2-6-16-35-26-11-12-32-24-18-21(27(29,30)31)8-9-22(24)26;;/h7-12,17-18H,1-6,13-16,19H2;2*1H. The number of aromatic nitrogens is 1. The number of halogens is 6. The first-order valence-electron chi connectivity index (χ1n) is 12.1. The summed E-state index contributed by atoms with van der Waals surface area (Å²) in [6, 6.07) is 11.7. The molecule has 0 spiro atoms. The summed E-state index contributed by atoms with van der Waals surface area (Å²) in [5, 5.41) is 1.42. The lowest BCUT2D eigenvalue weighted by molar-refractivity contribution is -0.137. The molecular weight excluding hydrogens is 564 g/mol. The summed E-state index contributed by atoms with van der Waals surface area (Å²) >= 11 is 8.09. The highest BCUT2D eigenvalue weighted by molar-refractivity contribution is 7.99. The third kappa shape index (κ3) is 9.39. The Balaban J connectivity index is 0.00000241. The Hall–Kier alpha value is -1.38. The average Bonchev–Trinajstić information content (AvgIpc) is 2.84. The van der Waals surface area contributed by atoms with Crippen LogP contribution in [0.15, 0.2) is 53.6 Å². The first-order valence-corrected chi connectivity index (χ1v) is 13.5. The number of hydrogen-bond donors (Lipinski definition) is 0. The fraction of sp³-hybridized carbons (Fsp3) is 0.444. The van der Waals surface area contributed by atoms with Gasteiger partial charge in [0, 0.05) is 23.0 Å². The molecule has 4 rings (SSSR count). The van der Waals surface area contributed by atoms with Crippen molar-refractivity contribution < 1.29 is 17.9 Å². The quantitative estimate of drug-likeness (QED) is 0.172. The highest BCUT2D eigenvalue weighted by Gasteiger charge is 2.30. The molecule has 204 valence electrons. The maximum absolute atomic E-state index is 12.9.